The quantitative estimate of drug-likeness (QED) is 0.230. The van der Waals surface area contributed by atoms with Crippen LogP contribution in [-0.4, -0.2) is 33.8 Å². The summed E-state index contributed by atoms with van der Waals surface area (Å²) in [6, 6.07) is 7.91. The molecule has 2 aromatic rings. The second-order valence-electron chi connectivity index (χ2n) is 9.27. The predicted molar refractivity (Wildman–Crippen MR) is 134 cm³/mol. The third-order valence-corrected chi connectivity index (χ3v) is 5.86. The van der Waals surface area contributed by atoms with Crippen LogP contribution in [0.1, 0.15) is 87.2 Å². The average molecular weight is 470 g/mol. The Morgan fingerprint density at radius 1 is 0.941 bits per heavy atom. The number of hydrogen-bond donors (Lipinski definition) is 1. The summed E-state index contributed by atoms with van der Waals surface area (Å²) in [5.74, 6) is -0.644. The van der Waals surface area contributed by atoms with E-state index in [2.05, 4.69) is 19.1 Å². The number of Topliss-reactive ketones (excluding diaryl/α,β-unsaturated/α-hetero) is 2. The van der Waals surface area contributed by atoms with Crippen molar-refractivity contribution in [3.63, 3.8) is 0 Å². The maximum atomic E-state index is 12.5. The molecule has 1 N–H and O–H groups in total. The molecule has 0 aliphatic carbocycles. The van der Waals surface area contributed by atoms with Crippen LogP contribution in [0.15, 0.2) is 36.7 Å². The number of aryl methyl sites for hydroxylation is 2. The molecule has 0 amide bonds. The topological polar surface area (TPSA) is 85.6 Å². The van der Waals surface area contributed by atoms with Gasteiger partial charge in [0.2, 0.25) is 0 Å². The maximum Gasteiger partial charge on any atom is 0.303 e. The fraction of sp³-hybridized carbons (Fsp3) is 0.536. The lowest BCUT2D eigenvalue weighted by atomic mass is 9.98. The summed E-state index contributed by atoms with van der Waals surface area (Å²) in [4.78, 5) is 35.9. The van der Waals surface area contributed by atoms with E-state index in [4.69, 9.17) is 9.84 Å². The van der Waals surface area contributed by atoms with Crippen molar-refractivity contribution in [1.29, 1.82) is 0 Å². The van der Waals surface area contributed by atoms with Gasteiger partial charge in [0.15, 0.2) is 11.6 Å². The van der Waals surface area contributed by atoms with Crippen molar-refractivity contribution in [3.8, 4) is 5.75 Å². The van der Waals surface area contributed by atoms with Gasteiger partial charge in [-0.3, -0.25) is 14.4 Å². The zero-order valence-electron chi connectivity index (χ0n) is 20.8. The maximum absolute atomic E-state index is 12.5. The molecule has 0 spiro atoms. The molecule has 6 heteroatoms. The van der Waals surface area contributed by atoms with Gasteiger partial charge in [-0.15, -0.1) is 0 Å². The monoisotopic (exact) mass is 469 g/mol. The Hall–Kier alpha value is -2.89. The molecule has 186 valence electrons. The number of carboxylic acids is 1. The van der Waals surface area contributed by atoms with E-state index in [1.165, 1.54) is 44.1 Å². The van der Waals surface area contributed by atoms with Crippen LogP contribution in [0, 0.1) is 5.92 Å². The fourth-order valence-electron chi connectivity index (χ4n) is 3.90. The highest BCUT2D eigenvalue weighted by Gasteiger charge is 2.19. The highest BCUT2D eigenvalue weighted by atomic mass is 16.5. The first-order chi connectivity index (χ1) is 16.3. The number of unbranched alkanes of at least 4 members (excludes halogenated alkanes) is 5. The Morgan fingerprint density at radius 3 is 2.26 bits per heavy atom. The summed E-state index contributed by atoms with van der Waals surface area (Å²) >= 11 is 0. The van der Waals surface area contributed by atoms with Crippen LogP contribution < -0.4 is 4.74 Å². The molecule has 1 aromatic carbocycles. The molecule has 0 bridgehead atoms. The number of carbonyl (C=O) groups excluding carboxylic acids is 2. The van der Waals surface area contributed by atoms with Gasteiger partial charge >= 0.3 is 5.97 Å². The first-order valence-electron chi connectivity index (χ1n) is 12.5. The molecule has 0 fully saturated rings. The van der Waals surface area contributed by atoms with E-state index in [-0.39, 0.29) is 43.5 Å². The molecule has 2 rings (SSSR count). The highest BCUT2D eigenvalue weighted by Crippen LogP contribution is 2.19. The second kappa shape index (κ2) is 14.4. The van der Waals surface area contributed by atoms with Gasteiger partial charge in [-0.1, -0.05) is 65.0 Å². The molecular formula is C28H39NO5. The highest BCUT2D eigenvalue weighted by molar-refractivity contribution is 5.98. The van der Waals surface area contributed by atoms with Crippen LogP contribution >= 0.6 is 0 Å². The van der Waals surface area contributed by atoms with Crippen LogP contribution in [0.5, 0.6) is 5.75 Å². The van der Waals surface area contributed by atoms with Crippen molar-refractivity contribution in [3.05, 3.63) is 53.3 Å². The SMILES string of the molecule is CCCCCCCCc1ccc(OCC(=O)Cn2cc(CCC(=O)O)c(C(=O)C(C)C)c2)cc1. The normalized spacial score (nSPS) is 11.1. The molecule has 1 heterocycles. The van der Waals surface area contributed by atoms with Gasteiger partial charge < -0.3 is 14.4 Å². The van der Waals surface area contributed by atoms with Crippen molar-refractivity contribution in [2.45, 2.75) is 85.1 Å². The number of carboxylic acid groups (broad SMARTS) is 1. The Labute approximate surface area is 203 Å². The molecule has 34 heavy (non-hydrogen) atoms. The summed E-state index contributed by atoms with van der Waals surface area (Å²) in [7, 11) is 0. The molecule has 0 radical (unpaired) electrons. The third kappa shape index (κ3) is 9.54. The minimum Gasteiger partial charge on any atom is -0.486 e. The standard InChI is InChI=1S/C28H39NO5/c1-4-5-6-7-8-9-10-22-11-14-25(15-12-22)34-20-24(30)18-29-17-23(13-16-27(31)32)26(19-29)28(33)21(2)3/h11-12,14-15,17,19,21H,4-10,13,16,18,20H2,1-3H3,(H,31,32). The van der Waals surface area contributed by atoms with E-state index < -0.39 is 5.97 Å². The zero-order chi connectivity index (χ0) is 24.9. The lowest BCUT2D eigenvalue weighted by Crippen LogP contribution is -2.17. The smallest absolute Gasteiger partial charge is 0.303 e. The number of ketones is 2. The van der Waals surface area contributed by atoms with E-state index >= 15 is 0 Å². The van der Waals surface area contributed by atoms with E-state index in [0.29, 0.717) is 16.9 Å². The van der Waals surface area contributed by atoms with E-state index in [0.717, 1.165) is 6.42 Å². The fourth-order valence-corrected chi connectivity index (χ4v) is 3.90. The number of carbonyl (C=O) groups is 3. The minimum atomic E-state index is -0.918. The predicted octanol–water partition coefficient (Wildman–Crippen LogP) is 5.90. The van der Waals surface area contributed by atoms with Crippen LogP contribution in [0.4, 0.5) is 0 Å². The first-order valence-corrected chi connectivity index (χ1v) is 12.5. The molecule has 0 aliphatic heterocycles. The van der Waals surface area contributed by atoms with Gasteiger partial charge in [0.05, 0.1) is 6.54 Å². The molecule has 0 unspecified atom stereocenters. The van der Waals surface area contributed by atoms with Gasteiger partial charge in [-0.05, 0) is 42.5 Å². The van der Waals surface area contributed by atoms with Crippen LogP contribution in [0.2, 0.25) is 0 Å². The minimum absolute atomic E-state index is 0.0520. The molecule has 1 aromatic heterocycles. The third-order valence-electron chi connectivity index (χ3n) is 5.86. The van der Waals surface area contributed by atoms with Crippen LogP contribution in [0.25, 0.3) is 0 Å². The Morgan fingerprint density at radius 2 is 1.62 bits per heavy atom. The molecule has 6 nitrogen and oxygen atoms in total. The zero-order valence-corrected chi connectivity index (χ0v) is 20.8. The van der Waals surface area contributed by atoms with Crippen molar-refractivity contribution in [1.82, 2.24) is 4.57 Å². The van der Waals surface area contributed by atoms with E-state index in [1.54, 1.807) is 30.8 Å². The Bertz CT molecular complexity index is 927. The van der Waals surface area contributed by atoms with Gasteiger partial charge in [-0.25, -0.2) is 0 Å². The largest absolute Gasteiger partial charge is 0.486 e. The molecule has 0 saturated carbocycles. The van der Waals surface area contributed by atoms with Crippen molar-refractivity contribution in [2.24, 2.45) is 5.92 Å². The lowest BCUT2D eigenvalue weighted by molar-refractivity contribution is -0.137. The number of aromatic nitrogens is 1. The number of ether oxygens (including phenoxy) is 1. The molecule has 0 atom stereocenters. The lowest BCUT2D eigenvalue weighted by Gasteiger charge is -2.08. The van der Waals surface area contributed by atoms with Crippen LogP contribution in [-0.2, 0) is 29.0 Å². The first kappa shape index (κ1) is 27.4. The Balaban J connectivity index is 1.84. The number of nitrogens with zero attached hydrogens (tertiary/aromatic N) is 1. The summed E-state index contributed by atoms with van der Waals surface area (Å²) in [6.07, 6.45) is 12.2. The molecule has 0 aliphatic rings. The Kier molecular flexibility index (Phi) is 11.6. The van der Waals surface area contributed by atoms with E-state index in [9.17, 15) is 14.4 Å². The molecule has 0 saturated heterocycles. The van der Waals surface area contributed by atoms with Gasteiger partial charge in [0, 0.05) is 30.3 Å². The average Bonchev–Trinajstić information content (AvgIpc) is 3.21. The summed E-state index contributed by atoms with van der Waals surface area (Å²) in [5, 5.41) is 8.98. The van der Waals surface area contributed by atoms with E-state index in [1.807, 2.05) is 12.1 Å². The van der Waals surface area contributed by atoms with Crippen molar-refractivity contribution < 1.29 is 24.2 Å². The van der Waals surface area contributed by atoms with Crippen molar-refractivity contribution in [2.75, 3.05) is 6.61 Å². The van der Waals surface area contributed by atoms with Gasteiger partial charge in [0.25, 0.3) is 0 Å². The van der Waals surface area contributed by atoms with Gasteiger partial charge in [0.1, 0.15) is 12.4 Å². The van der Waals surface area contributed by atoms with Crippen molar-refractivity contribution >= 4 is 17.5 Å². The number of rotatable bonds is 17. The van der Waals surface area contributed by atoms with Gasteiger partial charge in [-0.2, -0.15) is 0 Å². The summed E-state index contributed by atoms with van der Waals surface area (Å²) in [6.45, 7) is 5.84. The number of benzene rings is 1. The second-order valence-corrected chi connectivity index (χ2v) is 9.27. The number of hydrogen-bond acceptors (Lipinski definition) is 4. The summed E-state index contributed by atoms with van der Waals surface area (Å²) in [5.41, 5.74) is 2.43. The van der Waals surface area contributed by atoms with Crippen LogP contribution in [0.3, 0.4) is 0 Å². The number of aliphatic carboxylic acids is 1. The summed E-state index contributed by atoms with van der Waals surface area (Å²) < 4.78 is 7.31. The molecular weight excluding hydrogens is 430 g/mol.